The summed E-state index contributed by atoms with van der Waals surface area (Å²) < 4.78 is 12.0. The summed E-state index contributed by atoms with van der Waals surface area (Å²) in [6, 6.07) is 20.7. The van der Waals surface area contributed by atoms with Crippen LogP contribution in [0, 0.1) is 0 Å². The number of amides is 1. The maximum atomic E-state index is 13.6. The lowest BCUT2D eigenvalue weighted by Gasteiger charge is -2.18. The van der Waals surface area contributed by atoms with Crippen molar-refractivity contribution in [2.24, 2.45) is 0 Å². The van der Waals surface area contributed by atoms with Crippen molar-refractivity contribution >= 4 is 32.6 Å². The molecule has 33 heavy (non-hydrogen) atoms. The van der Waals surface area contributed by atoms with Crippen LogP contribution in [0.2, 0.25) is 0 Å². The predicted octanol–water partition coefficient (Wildman–Crippen LogP) is 5.59. The summed E-state index contributed by atoms with van der Waals surface area (Å²) in [5, 5.41) is 4.61. The Morgan fingerprint density at radius 1 is 1.09 bits per heavy atom. The fourth-order valence-corrected chi connectivity index (χ4v) is 4.41. The molecular formula is C25H20N4O3S. The minimum Gasteiger partial charge on any atom is -0.494 e. The van der Waals surface area contributed by atoms with Crippen LogP contribution in [0.1, 0.15) is 23.0 Å². The zero-order valence-corrected chi connectivity index (χ0v) is 18.7. The molecule has 0 aliphatic rings. The van der Waals surface area contributed by atoms with Crippen molar-refractivity contribution in [1.29, 1.82) is 0 Å². The summed E-state index contributed by atoms with van der Waals surface area (Å²) in [7, 11) is 0. The van der Waals surface area contributed by atoms with Gasteiger partial charge in [0, 0.05) is 24.0 Å². The number of ether oxygens (including phenoxy) is 1. The average Bonchev–Trinajstić information content (AvgIpc) is 3.51. The summed E-state index contributed by atoms with van der Waals surface area (Å²) in [5.74, 6) is 1.01. The van der Waals surface area contributed by atoms with Gasteiger partial charge in [0.1, 0.15) is 5.75 Å². The number of rotatable bonds is 7. The van der Waals surface area contributed by atoms with Crippen LogP contribution in [0.5, 0.6) is 5.75 Å². The molecule has 0 radical (unpaired) electrons. The molecule has 5 aromatic rings. The Morgan fingerprint density at radius 2 is 1.97 bits per heavy atom. The number of thiazole rings is 1. The molecule has 0 bridgehead atoms. The predicted molar refractivity (Wildman–Crippen MR) is 127 cm³/mol. The average molecular weight is 457 g/mol. The molecule has 0 spiro atoms. The quantitative estimate of drug-likeness (QED) is 0.317. The molecule has 1 amide bonds. The van der Waals surface area contributed by atoms with E-state index in [-0.39, 0.29) is 11.6 Å². The second kappa shape index (κ2) is 9.22. The Balaban J connectivity index is 1.51. The smallest absolute Gasteiger partial charge is 0.282 e. The topological polar surface area (TPSA) is 81.4 Å². The first-order valence-electron chi connectivity index (χ1n) is 10.5. The zero-order chi connectivity index (χ0) is 22.6. The van der Waals surface area contributed by atoms with Gasteiger partial charge in [-0.25, -0.2) is 4.98 Å². The summed E-state index contributed by atoms with van der Waals surface area (Å²) in [5.41, 5.74) is 2.75. The highest BCUT2D eigenvalue weighted by Crippen LogP contribution is 2.33. The molecule has 3 aromatic heterocycles. The Bertz CT molecular complexity index is 1380. The van der Waals surface area contributed by atoms with Crippen molar-refractivity contribution in [3.05, 3.63) is 90.4 Å². The Hall–Kier alpha value is -4.04. The molecule has 0 fully saturated rings. The molecule has 0 saturated heterocycles. The Morgan fingerprint density at radius 3 is 2.76 bits per heavy atom. The minimum atomic E-state index is -0.297. The van der Waals surface area contributed by atoms with Crippen molar-refractivity contribution in [2.45, 2.75) is 13.5 Å². The van der Waals surface area contributed by atoms with Crippen LogP contribution in [0.3, 0.4) is 0 Å². The molecule has 7 nitrogen and oxygen atoms in total. The highest BCUT2D eigenvalue weighted by atomic mass is 32.1. The molecule has 5 rings (SSSR count). The van der Waals surface area contributed by atoms with Gasteiger partial charge >= 0.3 is 0 Å². The van der Waals surface area contributed by atoms with Crippen molar-refractivity contribution in [3.8, 4) is 17.1 Å². The lowest BCUT2D eigenvalue weighted by molar-refractivity contribution is 0.0976. The van der Waals surface area contributed by atoms with E-state index in [4.69, 9.17) is 14.2 Å². The first-order valence-corrected chi connectivity index (χ1v) is 11.3. The van der Waals surface area contributed by atoms with Crippen LogP contribution in [0.4, 0.5) is 5.13 Å². The maximum Gasteiger partial charge on any atom is 0.282 e. The van der Waals surface area contributed by atoms with E-state index in [1.165, 1.54) is 11.3 Å². The summed E-state index contributed by atoms with van der Waals surface area (Å²) in [6.07, 6.45) is 3.44. The molecule has 0 atom stereocenters. The Kier molecular flexibility index (Phi) is 5.82. The minimum absolute atomic E-state index is 0.215. The van der Waals surface area contributed by atoms with Crippen molar-refractivity contribution in [1.82, 2.24) is 15.1 Å². The number of benzene rings is 2. The molecule has 0 aliphatic heterocycles. The van der Waals surface area contributed by atoms with Crippen molar-refractivity contribution in [2.75, 3.05) is 11.5 Å². The Labute approximate surface area is 194 Å². The third-order valence-electron chi connectivity index (χ3n) is 4.99. The second-order valence-corrected chi connectivity index (χ2v) is 8.26. The third-order valence-corrected chi connectivity index (χ3v) is 6.03. The number of pyridine rings is 1. The van der Waals surface area contributed by atoms with Crippen LogP contribution < -0.4 is 9.64 Å². The number of anilines is 1. The molecular weight excluding hydrogens is 436 g/mol. The first-order chi connectivity index (χ1) is 16.2. The molecule has 0 aliphatic carbocycles. The normalized spacial score (nSPS) is 10.9. The van der Waals surface area contributed by atoms with E-state index < -0.39 is 0 Å². The summed E-state index contributed by atoms with van der Waals surface area (Å²) in [4.78, 5) is 24.1. The van der Waals surface area contributed by atoms with Gasteiger partial charge in [0.05, 0.1) is 23.4 Å². The van der Waals surface area contributed by atoms with Crippen molar-refractivity contribution < 1.29 is 14.1 Å². The van der Waals surface area contributed by atoms with E-state index in [9.17, 15) is 4.79 Å². The van der Waals surface area contributed by atoms with Gasteiger partial charge in [-0.05, 0) is 36.8 Å². The van der Waals surface area contributed by atoms with Gasteiger partial charge in [-0.1, -0.05) is 52.9 Å². The van der Waals surface area contributed by atoms with Crippen LogP contribution in [-0.2, 0) is 6.54 Å². The fraction of sp³-hybridized carbons (Fsp3) is 0.120. The van der Waals surface area contributed by atoms with Crippen LogP contribution in [0.15, 0.2) is 83.6 Å². The highest BCUT2D eigenvalue weighted by molar-refractivity contribution is 7.22. The van der Waals surface area contributed by atoms with Crippen molar-refractivity contribution in [3.63, 3.8) is 0 Å². The molecule has 3 heterocycles. The van der Waals surface area contributed by atoms with Crippen LogP contribution in [-0.4, -0.2) is 27.6 Å². The SMILES string of the molecule is CCOc1ccc2nc(N(Cc3cccnc3)C(=O)c3cc(-c4ccccc4)on3)sc2c1. The number of carbonyl (C=O) groups excluding carboxylic acids is 1. The number of hydrogen-bond donors (Lipinski definition) is 0. The molecule has 2 aromatic carbocycles. The summed E-state index contributed by atoms with van der Waals surface area (Å²) in [6.45, 7) is 2.83. The number of hydrogen-bond acceptors (Lipinski definition) is 7. The van der Waals surface area contributed by atoms with Gasteiger partial charge in [0.25, 0.3) is 5.91 Å². The van der Waals surface area contributed by atoms with Gasteiger partial charge in [-0.3, -0.25) is 14.7 Å². The number of fused-ring (bicyclic) bond motifs is 1. The maximum absolute atomic E-state index is 13.6. The standard InChI is InChI=1S/C25H20N4O3S/c1-2-31-19-10-11-20-23(13-19)33-25(27-20)29(16-17-7-6-12-26-15-17)24(30)21-14-22(32-28-21)18-8-4-3-5-9-18/h3-15H,2,16H2,1H3. The molecule has 164 valence electrons. The van der Waals surface area contributed by atoms with Gasteiger partial charge < -0.3 is 9.26 Å². The monoisotopic (exact) mass is 456 g/mol. The van der Waals surface area contributed by atoms with Gasteiger partial charge in [-0.2, -0.15) is 0 Å². The lowest BCUT2D eigenvalue weighted by atomic mass is 10.1. The van der Waals surface area contributed by atoms with Gasteiger partial charge in [0.2, 0.25) is 0 Å². The number of nitrogens with zero attached hydrogens (tertiary/aromatic N) is 4. The van der Waals surface area contributed by atoms with Crippen LogP contribution in [0.25, 0.3) is 21.5 Å². The van der Waals surface area contributed by atoms with Gasteiger partial charge in [0.15, 0.2) is 16.6 Å². The van der Waals surface area contributed by atoms with Gasteiger partial charge in [-0.15, -0.1) is 0 Å². The molecule has 8 heteroatoms. The molecule has 0 unspecified atom stereocenters. The zero-order valence-electron chi connectivity index (χ0n) is 17.8. The first kappa shape index (κ1) is 20.8. The van der Waals surface area contributed by atoms with E-state index in [0.717, 1.165) is 27.1 Å². The van der Waals surface area contributed by atoms with E-state index in [0.29, 0.717) is 24.0 Å². The second-order valence-electron chi connectivity index (χ2n) is 7.25. The number of carbonyl (C=O) groups is 1. The number of aromatic nitrogens is 3. The fourth-order valence-electron chi connectivity index (χ4n) is 3.42. The third kappa shape index (κ3) is 4.47. The van der Waals surface area contributed by atoms with E-state index in [1.807, 2.05) is 67.6 Å². The van der Waals surface area contributed by atoms with E-state index in [2.05, 4.69) is 10.1 Å². The van der Waals surface area contributed by atoms with Crippen LogP contribution >= 0.6 is 11.3 Å². The largest absolute Gasteiger partial charge is 0.494 e. The molecule has 0 N–H and O–H groups in total. The highest BCUT2D eigenvalue weighted by Gasteiger charge is 2.25. The van der Waals surface area contributed by atoms with E-state index in [1.54, 1.807) is 23.4 Å². The molecule has 0 saturated carbocycles. The lowest BCUT2D eigenvalue weighted by Crippen LogP contribution is -2.30. The van der Waals surface area contributed by atoms with E-state index >= 15 is 0 Å². The summed E-state index contributed by atoms with van der Waals surface area (Å²) >= 11 is 1.43.